The maximum absolute atomic E-state index is 12.2. The molecule has 1 unspecified atom stereocenters. The van der Waals surface area contributed by atoms with E-state index in [1.165, 1.54) is 30.0 Å². The Morgan fingerprint density at radius 2 is 1.78 bits per heavy atom. The Morgan fingerprint density at radius 1 is 1.07 bits per heavy atom. The first-order valence-electron chi connectivity index (χ1n) is 8.61. The van der Waals surface area contributed by atoms with E-state index in [1.54, 1.807) is 7.05 Å². The SMILES string of the molecule is CC(NC(=O)/C=C/c1cn(C)c(=O)n(C)c1=O)c1ccc2ccccc2c1. The molecule has 6 nitrogen and oxygen atoms in total. The van der Waals surface area contributed by atoms with Gasteiger partial charge in [0.2, 0.25) is 5.91 Å². The molecule has 1 heterocycles. The number of fused-ring (bicyclic) bond motifs is 1. The van der Waals surface area contributed by atoms with Gasteiger partial charge in [0.05, 0.1) is 11.6 Å². The van der Waals surface area contributed by atoms with Gasteiger partial charge in [-0.25, -0.2) is 4.79 Å². The lowest BCUT2D eigenvalue weighted by molar-refractivity contribution is -0.117. The summed E-state index contributed by atoms with van der Waals surface area (Å²) in [5, 5.41) is 5.14. The fraction of sp³-hybridized carbons (Fsp3) is 0.190. The first kappa shape index (κ1) is 18.4. The second-order valence-electron chi connectivity index (χ2n) is 6.51. The molecule has 0 fully saturated rings. The lowest BCUT2D eigenvalue weighted by Crippen LogP contribution is -2.37. The number of rotatable bonds is 4. The normalized spacial score (nSPS) is 12.4. The fourth-order valence-electron chi connectivity index (χ4n) is 2.94. The Hall–Kier alpha value is -3.41. The largest absolute Gasteiger partial charge is 0.346 e. The van der Waals surface area contributed by atoms with E-state index in [2.05, 4.69) is 5.32 Å². The minimum Gasteiger partial charge on any atom is -0.346 e. The molecule has 6 heteroatoms. The Balaban J connectivity index is 1.76. The van der Waals surface area contributed by atoms with Crippen LogP contribution < -0.4 is 16.6 Å². The zero-order chi connectivity index (χ0) is 19.6. The molecule has 3 rings (SSSR count). The van der Waals surface area contributed by atoms with Crippen molar-refractivity contribution < 1.29 is 4.79 Å². The van der Waals surface area contributed by atoms with Crippen molar-refractivity contribution in [3.8, 4) is 0 Å². The van der Waals surface area contributed by atoms with Crippen LogP contribution in [-0.2, 0) is 18.9 Å². The number of carbonyl (C=O) groups is 1. The summed E-state index contributed by atoms with van der Waals surface area (Å²) in [6.45, 7) is 1.90. The molecule has 0 saturated carbocycles. The average Bonchev–Trinajstić information content (AvgIpc) is 2.67. The van der Waals surface area contributed by atoms with Crippen LogP contribution in [0.1, 0.15) is 24.1 Å². The molecule has 0 aliphatic rings. The standard InChI is InChI=1S/C21H21N3O3/c1-14(16-9-8-15-6-4-5-7-17(15)12-16)22-19(25)11-10-18-13-23(2)21(27)24(3)20(18)26/h4-14H,1-3H3,(H,22,25)/b11-10+. The molecule has 1 atom stereocenters. The first-order chi connectivity index (χ1) is 12.9. The number of hydrogen-bond donors (Lipinski definition) is 1. The summed E-state index contributed by atoms with van der Waals surface area (Å²) in [6, 6.07) is 13.9. The third kappa shape index (κ3) is 3.89. The van der Waals surface area contributed by atoms with Gasteiger partial charge >= 0.3 is 5.69 Å². The van der Waals surface area contributed by atoms with Crippen LogP contribution in [-0.4, -0.2) is 15.0 Å². The molecule has 0 saturated heterocycles. The molecule has 0 radical (unpaired) electrons. The number of aryl methyl sites for hydroxylation is 1. The van der Waals surface area contributed by atoms with Crippen LogP contribution in [0.15, 0.2) is 64.3 Å². The third-order valence-corrected chi connectivity index (χ3v) is 4.52. The molecular weight excluding hydrogens is 342 g/mol. The van der Waals surface area contributed by atoms with Crippen molar-refractivity contribution in [1.82, 2.24) is 14.5 Å². The van der Waals surface area contributed by atoms with Gasteiger partial charge in [0, 0.05) is 26.4 Å². The molecule has 1 N–H and O–H groups in total. The molecule has 3 aromatic rings. The number of nitrogens with zero attached hydrogens (tertiary/aromatic N) is 2. The molecule has 0 spiro atoms. The van der Waals surface area contributed by atoms with E-state index in [0.29, 0.717) is 0 Å². The van der Waals surface area contributed by atoms with Crippen LogP contribution in [0.2, 0.25) is 0 Å². The van der Waals surface area contributed by atoms with E-state index in [4.69, 9.17) is 0 Å². The van der Waals surface area contributed by atoms with E-state index in [1.807, 2.05) is 49.4 Å². The number of aromatic nitrogens is 2. The summed E-state index contributed by atoms with van der Waals surface area (Å²) < 4.78 is 2.31. The highest BCUT2D eigenvalue weighted by molar-refractivity contribution is 5.92. The van der Waals surface area contributed by atoms with E-state index >= 15 is 0 Å². The zero-order valence-corrected chi connectivity index (χ0v) is 15.5. The summed E-state index contributed by atoms with van der Waals surface area (Å²) in [5.74, 6) is -0.313. The van der Waals surface area contributed by atoms with E-state index in [-0.39, 0.29) is 17.5 Å². The van der Waals surface area contributed by atoms with E-state index in [0.717, 1.165) is 20.9 Å². The van der Waals surface area contributed by atoms with Gasteiger partial charge in [-0.2, -0.15) is 0 Å². The molecule has 0 aliphatic heterocycles. The van der Waals surface area contributed by atoms with Crippen LogP contribution >= 0.6 is 0 Å². The second kappa shape index (κ2) is 7.45. The fourth-order valence-corrected chi connectivity index (χ4v) is 2.94. The summed E-state index contributed by atoms with van der Waals surface area (Å²) in [6.07, 6.45) is 4.14. The van der Waals surface area contributed by atoms with E-state index < -0.39 is 11.2 Å². The van der Waals surface area contributed by atoms with Gasteiger partial charge in [-0.15, -0.1) is 0 Å². The Kier molecular flexibility index (Phi) is 5.07. The average molecular weight is 363 g/mol. The molecule has 1 amide bonds. The lowest BCUT2D eigenvalue weighted by atomic mass is 10.0. The van der Waals surface area contributed by atoms with Crippen molar-refractivity contribution in [2.24, 2.45) is 14.1 Å². The lowest BCUT2D eigenvalue weighted by Gasteiger charge is -2.14. The van der Waals surface area contributed by atoms with Gasteiger partial charge < -0.3 is 9.88 Å². The summed E-state index contributed by atoms with van der Waals surface area (Å²) >= 11 is 0. The van der Waals surface area contributed by atoms with Gasteiger partial charge in [-0.05, 0) is 35.4 Å². The second-order valence-corrected chi connectivity index (χ2v) is 6.51. The molecule has 0 bridgehead atoms. The Bertz CT molecular complexity index is 1160. The molecule has 1 aromatic heterocycles. The van der Waals surface area contributed by atoms with Gasteiger partial charge in [0.1, 0.15) is 0 Å². The predicted molar refractivity (Wildman–Crippen MR) is 106 cm³/mol. The highest BCUT2D eigenvalue weighted by Gasteiger charge is 2.09. The van der Waals surface area contributed by atoms with Crippen molar-refractivity contribution in [3.05, 3.63) is 86.7 Å². The number of amides is 1. The number of carbonyl (C=O) groups excluding carboxylic acids is 1. The van der Waals surface area contributed by atoms with Crippen LogP contribution in [0.4, 0.5) is 0 Å². The Labute approximate surface area is 156 Å². The monoisotopic (exact) mass is 363 g/mol. The highest BCUT2D eigenvalue weighted by Crippen LogP contribution is 2.20. The number of benzene rings is 2. The van der Waals surface area contributed by atoms with E-state index in [9.17, 15) is 14.4 Å². The topological polar surface area (TPSA) is 73.1 Å². The minimum absolute atomic E-state index is 0.185. The van der Waals surface area contributed by atoms with Crippen LogP contribution in [0, 0.1) is 0 Å². The van der Waals surface area contributed by atoms with Gasteiger partial charge in [-0.3, -0.25) is 14.2 Å². The van der Waals surface area contributed by atoms with Gasteiger partial charge in [0.25, 0.3) is 5.56 Å². The Morgan fingerprint density at radius 3 is 2.52 bits per heavy atom. The predicted octanol–water partition coefficient (Wildman–Crippen LogP) is 2.13. The summed E-state index contributed by atoms with van der Waals surface area (Å²) in [7, 11) is 2.96. The summed E-state index contributed by atoms with van der Waals surface area (Å²) in [5.41, 5.74) is 0.415. The third-order valence-electron chi connectivity index (χ3n) is 4.52. The highest BCUT2D eigenvalue weighted by atomic mass is 16.2. The molecule has 138 valence electrons. The quantitative estimate of drug-likeness (QED) is 0.722. The maximum Gasteiger partial charge on any atom is 0.330 e. The molecule has 0 aliphatic carbocycles. The number of nitrogens with one attached hydrogen (secondary N) is 1. The smallest absolute Gasteiger partial charge is 0.330 e. The van der Waals surface area contributed by atoms with Crippen molar-refractivity contribution >= 4 is 22.8 Å². The van der Waals surface area contributed by atoms with Crippen molar-refractivity contribution in [3.63, 3.8) is 0 Å². The van der Waals surface area contributed by atoms with Crippen molar-refractivity contribution in [2.45, 2.75) is 13.0 Å². The maximum atomic E-state index is 12.2. The minimum atomic E-state index is -0.440. The van der Waals surface area contributed by atoms with Crippen LogP contribution in [0.3, 0.4) is 0 Å². The first-order valence-corrected chi connectivity index (χ1v) is 8.61. The van der Waals surface area contributed by atoms with Crippen molar-refractivity contribution in [2.75, 3.05) is 0 Å². The van der Waals surface area contributed by atoms with Crippen LogP contribution in [0.5, 0.6) is 0 Å². The van der Waals surface area contributed by atoms with Gasteiger partial charge in [-0.1, -0.05) is 36.4 Å². The molecule has 27 heavy (non-hydrogen) atoms. The molecule has 2 aromatic carbocycles. The van der Waals surface area contributed by atoms with Crippen LogP contribution in [0.25, 0.3) is 16.8 Å². The molecular formula is C21H21N3O3. The van der Waals surface area contributed by atoms with Crippen molar-refractivity contribution in [1.29, 1.82) is 0 Å². The van der Waals surface area contributed by atoms with Gasteiger partial charge in [0.15, 0.2) is 0 Å². The summed E-state index contributed by atoms with van der Waals surface area (Å²) in [4.78, 5) is 36.0. The zero-order valence-electron chi connectivity index (χ0n) is 15.5. The number of hydrogen-bond acceptors (Lipinski definition) is 3.